The molecule has 0 bridgehead atoms. The van der Waals surface area contributed by atoms with Gasteiger partial charge in [0.05, 0.1) is 0 Å². The third-order valence-electron chi connectivity index (χ3n) is 13.3. The first-order chi connectivity index (χ1) is 36.5. The Balaban J connectivity index is 4.03. The van der Waals surface area contributed by atoms with Gasteiger partial charge in [0.2, 0.25) is 0 Å². The molecule has 0 heterocycles. The number of carbonyl (C=O) groups is 3. The van der Waals surface area contributed by atoms with Crippen LogP contribution in [0.2, 0.25) is 0 Å². The fourth-order valence-corrected chi connectivity index (χ4v) is 8.65. The van der Waals surface area contributed by atoms with Crippen LogP contribution in [-0.4, -0.2) is 37.2 Å². The molecule has 74 heavy (non-hydrogen) atoms. The summed E-state index contributed by atoms with van der Waals surface area (Å²) in [6.07, 6.45) is 83.1. The van der Waals surface area contributed by atoms with E-state index in [1.165, 1.54) is 148 Å². The quantitative estimate of drug-likeness (QED) is 0.0261. The molecule has 0 fully saturated rings. The standard InChI is InChI=1S/C68H116O6/c1-4-7-10-13-16-18-20-22-24-26-27-28-29-30-31-32-33-34-35-36-37-38-39-40-41-43-44-46-48-50-52-55-58-61-67(70)73-64-65(63-72-66(69)60-57-54-15-12-9-6-3)74-68(71)62-59-56-53-51-49-47-45-42-25-23-21-19-17-14-11-8-5-2/h7,10,16-19,22-25,27-28,30-31,33-34,65H,4-6,8-9,11-15,20-21,26,29,32,35-64H2,1-3H3/b10-7-,18-16-,19-17-,24-22-,25-23-,28-27-,31-30-,34-33-. The molecule has 0 aliphatic carbocycles. The van der Waals surface area contributed by atoms with Gasteiger partial charge in [0, 0.05) is 19.3 Å². The molecule has 0 aromatic rings. The maximum Gasteiger partial charge on any atom is 0.306 e. The van der Waals surface area contributed by atoms with Crippen molar-refractivity contribution in [2.75, 3.05) is 13.2 Å². The predicted octanol–water partition coefficient (Wildman–Crippen LogP) is 21.3. The van der Waals surface area contributed by atoms with E-state index in [1.54, 1.807) is 0 Å². The number of unbranched alkanes of at least 4 members (excludes halogenated alkanes) is 29. The van der Waals surface area contributed by atoms with Crippen molar-refractivity contribution in [2.24, 2.45) is 0 Å². The van der Waals surface area contributed by atoms with Crippen molar-refractivity contribution in [3.05, 3.63) is 97.2 Å². The van der Waals surface area contributed by atoms with E-state index < -0.39 is 6.10 Å². The molecule has 1 atom stereocenters. The topological polar surface area (TPSA) is 78.9 Å². The van der Waals surface area contributed by atoms with Gasteiger partial charge in [-0.25, -0.2) is 0 Å². The monoisotopic (exact) mass is 1030 g/mol. The van der Waals surface area contributed by atoms with Crippen molar-refractivity contribution in [1.82, 2.24) is 0 Å². The first-order valence-electron chi connectivity index (χ1n) is 31.2. The second-order valence-electron chi connectivity index (χ2n) is 20.6. The Hall–Kier alpha value is -3.67. The van der Waals surface area contributed by atoms with E-state index >= 15 is 0 Å². The molecule has 0 aliphatic heterocycles. The van der Waals surface area contributed by atoms with Gasteiger partial charge in [0.25, 0.3) is 0 Å². The maximum atomic E-state index is 12.8. The van der Waals surface area contributed by atoms with Crippen LogP contribution in [0, 0.1) is 0 Å². The Morgan fingerprint density at radius 3 is 0.851 bits per heavy atom. The van der Waals surface area contributed by atoms with Crippen LogP contribution in [0.15, 0.2) is 97.2 Å². The third kappa shape index (κ3) is 59.2. The number of hydrogen-bond acceptors (Lipinski definition) is 6. The van der Waals surface area contributed by atoms with Crippen LogP contribution in [0.25, 0.3) is 0 Å². The Bertz CT molecular complexity index is 1460. The Labute approximate surface area is 457 Å². The zero-order valence-corrected chi connectivity index (χ0v) is 48.6. The lowest BCUT2D eigenvalue weighted by Crippen LogP contribution is -2.30. The molecular formula is C68H116O6. The lowest BCUT2D eigenvalue weighted by Gasteiger charge is -2.18. The van der Waals surface area contributed by atoms with Gasteiger partial charge in [0.15, 0.2) is 6.10 Å². The molecule has 6 nitrogen and oxygen atoms in total. The summed E-state index contributed by atoms with van der Waals surface area (Å²) in [6, 6.07) is 0. The average molecular weight is 1030 g/mol. The number of rotatable bonds is 56. The fraction of sp³-hybridized carbons (Fsp3) is 0.721. The van der Waals surface area contributed by atoms with Crippen LogP contribution < -0.4 is 0 Å². The molecule has 6 heteroatoms. The van der Waals surface area contributed by atoms with Gasteiger partial charge in [0.1, 0.15) is 13.2 Å². The van der Waals surface area contributed by atoms with Crippen molar-refractivity contribution in [3.8, 4) is 0 Å². The van der Waals surface area contributed by atoms with Gasteiger partial charge < -0.3 is 14.2 Å². The summed E-state index contributed by atoms with van der Waals surface area (Å²) in [5.74, 6) is -0.890. The summed E-state index contributed by atoms with van der Waals surface area (Å²) in [4.78, 5) is 37.9. The second kappa shape index (κ2) is 61.9. The number of esters is 3. The highest BCUT2D eigenvalue weighted by molar-refractivity contribution is 5.71. The average Bonchev–Trinajstić information content (AvgIpc) is 3.40. The summed E-state index contributed by atoms with van der Waals surface area (Å²) >= 11 is 0. The molecule has 0 aliphatic rings. The number of ether oxygens (including phenoxy) is 3. The highest BCUT2D eigenvalue weighted by Gasteiger charge is 2.19. The summed E-state index contributed by atoms with van der Waals surface area (Å²) in [5, 5.41) is 0. The van der Waals surface area contributed by atoms with E-state index in [9.17, 15) is 14.4 Å². The largest absolute Gasteiger partial charge is 0.462 e. The summed E-state index contributed by atoms with van der Waals surface area (Å²) in [6.45, 7) is 6.45. The van der Waals surface area contributed by atoms with Crippen LogP contribution in [0.5, 0.6) is 0 Å². The maximum absolute atomic E-state index is 12.8. The molecule has 0 saturated carbocycles. The SMILES string of the molecule is CC/C=C\C/C=C\C/C=C\C/C=C\C/C=C\C/C=C\CCCCCCCCCCCCCCCCC(=O)OCC(COC(=O)CCCCCCCC)OC(=O)CCCCCCCCC/C=C\C/C=C\CCCCC. The molecule has 0 rings (SSSR count). The van der Waals surface area contributed by atoms with E-state index in [2.05, 4.69) is 118 Å². The minimum Gasteiger partial charge on any atom is -0.462 e. The smallest absolute Gasteiger partial charge is 0.306 e. The van der Waals surface area contributed by atoms with Gasteiger partial charge in [-0.15, -0.1) is 0 Å². The van der Waals surface area contributed by atoms with Crippen LogP contribution in [0.3, 0.4) is 0 Å². The highest BCUT2D eigenvalue weighted by atomic mass is 16.6. The fourth-order valence-electron chi connectivity index (χ4n) is 8.65. The zero-order valence-electron chi connectivity index (χ0n) is 48.6. The van der Waals surface area contributed by atoms with Gasteiger partial charge in [-0.05, 0) is 103 Å². The molecular weight excluding hydrogens is 913 g/mol. The minimum absolute atomic E-state index is 0.0784. The van der Waals surface area contributed by atoms with Crippen molar-refractivity contribution in [2.45, 2.75) is 303 Å². The Morgan fingerprint density at radius 2 is 0.527 bits per heavy atom. The number of hydrogen-bond donors (Lipinski definition) is 0. The number of allylic oxidation sites excluding steroid dienone is 16. The van der Waals surface area contributed by atoms with E-state index in [0.717, 1.165) is 109 Å². The first kappa shape index (κ1) is 70.3. The van der Waals surface area contributed by atoms with Gasteiger partial charge in [-0.2, -0.15) is 0 Å². The van der Waals surface area contributed by atoms with Crippen LogP contribution >= 0.6 is 0 Å². The molecule has 0 N–H and O–H groups in total. The molecule has 1 unspecified atom stereocenters. The third-order valence-corrected chi connectivity index (χ3v) is 13.3. The normalized spacial score (nSPS) is 12.7. The van der Waals surface area contributed by atoms with Crippen molar-refractivity contribution < 1.29 is 28.6 Å². The molecule has 424 valence electrons. The van der Waals surface area contributed by atoms with E-state index in [4.69, 9.17) is 14.2 Å². The van der Waals surface area contributed by atoms with E-state index in [0.29, 0.717) is 19.3 Å². The molecule has 0 spiro atoms. The predicted molar refractivity (Wildman–Crippen MR) is 320 cm³/mol. The molecule has 0 amide bonds. The second-order valence-corrected chi connectivity index (χ2v) is 20.6. The minimum atomic E-state index is -0.777. The molecule has 0 radical (unpaired) electrons. The lowest BCUT2D eigenvalue weighted by molar-refractivity contribution is -0.167. The van der Waals surface area contributed by atoms with Crippen LogP contribution in [0.1, 0.15) is 297 Å². The van der Waals surface area contributed by atoms with Crippen molar-refractivity contribution in [3.63, 3.8) is 0 Å². The van der Waals surface area contributed by atoms with Gasteiger partial charge >= 0.3 is 17.9 Å². The molecule has 0 aromatic heterocycles. The number of carbonyl (C=O) groups excluding carboxylic acids is 3. The summed E-state index contributed by atoms with van der Waals surface area (Å²) in [5.41, 5.74) is 0. The van der Waals surface area contributed by atoms with Crippen molar-refractivity contribution in [1.29, 1.82) is 0 Å². The van der Waals surface area contributed by atoms with Gasteiger partial charge in [-0.3, -0.25) is 14.4 Å². The summed E-state index contributed by atoms with van der Waals surface area (Å²) < 4.78 is 16.8. The Morgan fingerprint density at radius 1 is 0.284 bits per heavy atom. The Kier molecular flexibility index (Phi) is 58.8. The lowest BCUT2D eigenvalue weighted by atomic mass is 10.0. The van der Waals surface area contributed by atoms with E-state index in [-0.39, 0.29) is 31.1 Å². The highest BCUT2D eigenvalue weighted by Crippen LogP contribution is 2.16. The summed E-state index contributed by atoms with van der Waals surface area (Å²) in [7, 11) is 0. The van der Waals surface area contributed by atoms with Crippen LogP contribution in [-0.2, 0) is 28.6 Å². The van der Waals surface area contributed by atoms with Gasteiger partial charge in [-0.1, -0.05) is 272 Å². The first-order valence-corrected chi connectivity index (χ1v) is 31.2. The van der Waals surface area contributed by atoms with Crippen LogP contribution in [0.4, 0.5) is 0 Å². The zero-order chi connectivity index (χ0) is 53.6. The molecule has 0 saturated heterocycles. The van der Waals surface area contributed by atoms with Crippen molar-refractivity contribution >= 4 is 17.9 Å². The molecule has 0 aromatic carbocycles. The van der Waals surface area contributed by atoms with E-state index in [1.807, 2.05) is 0 Å².